The molecule has 1 aromatic rings. The molecule has 0 unspecified atom stereocenters. The Labute approximate surface area is 122 Å². The lowest BCUT2D eigenvalue weighted by Crippen LogP contribution is -2.45. The van der Waals surface area contributed by atoms with Gasteiger partial charge in [0.2, 0.25) is 0 Å². The highest BCUT2D eigenvalue weighted by Crippen LogP contribution is 2.30. The van der Waals surface area contributed by atoms with Crippen LogP contribution in [0.1, 0.15) is 18.0 Å². The van der Waals surface area contributed by atoms with Gasteiger partial charge in [0, 0.05) is 36.7 Å². The van der Waals surface area contributed by atoms with E-state index in [9.17, 15) is 4.39 Å². The van der Waals surface area contributed by atoms with E-state index in [1.807, 2.05) is 18.2 Å². The second-order valence-corrected chi connectivity index (χ2v) is 5.16. The maximum Gasteiger partial charge on any atom is 0.0912 e. The normalized spacial score (nSPS) is 18.1. The number of nitrogens with zero attached hydrogens (tertiary/aromatic N) is 1. The zero-order valence-electron chi connectivity index (χ0n) is 10.2. The molecule has 18 heavy (non-hydrogen) atoms. The average Bonchev–Trinajstić information content (AvgIpc) is 2.38. The maximum absolute atomic E-state index is 12.8. The minimum Gasteiger partial charge on any atom is -0.314 e. The molecule has 1 aromatic carbocycles. The van der Waals surface area contributed by atoms with E-state index in [4.69, 9.17) is 0 Å². The molecule has 0 aliphatic carbocycles. The van der Waals surface area contributed by atoms with Crippen molar-refractivity contribution in [3.05, 3.63) is 34.3 Å². The third kappa shape index (κ3) is 3.92. The summed E-state index contributed by atoms with van der Waals surface area (Å²) < 4.78 is 13.8. The van der Waals surface area contributed by atoms with Crippen LogP contribution in [-0.4, -0.2) is 37.8 Å². The molecular weight excluding hydrogens is 319 g/mol. The van der Waals surface area contributed by atoms with Crippen LogP contribution in [0.15, 0.2) is 28.7 Å². The molecule has 0 bridgehead atoms. The molecule has 0 radical (unpaired) electrons. The molecule has 1 aliphatic heterocycles. The van der Waals surface area contributed by atoms with E-state index in [-0.39, 0.29) is 25.1 Å². The summed E-state index contributed by atoms with van der Waals surface area (Å²) in [6, 6.07) is 8.33. The summed E-state index contributed by atoms with van der Waals surface area (Å²) >= 11 is 3.57. The lowest BCUT2D eigenvalue weighted by Gasteiger charge is -2.35. The van der Waals surface area contributed by atoms with Crippen LogP contribution in [-0.2, 0) is 0 Å². The van der Waals surface area contributed by atoms with E-state index in [0.29, 0.717) is 6.42 Å². The van der Waals surface area contributed by atoms with E-state index >= 15 is 0 Å². The molecule has 1 heterocycles. The second kappa shape index (κ2) is 8.10. The van der Waals surface area contributed by atoms with E-state index in [2.05, 4.69) is 32.2 Å². The fourth-order valence-electron chi connectivity index (χ4n) is 2.38. The molecule has 1 saturated heterocycles. The summed E-state index contributed by atoms with van der Waals surface area (Å²) in [5.41, 5.74) is 1.20. The fourth-order valence-corrected chi connectivity index (χ4v) is 2.93. The van der Waals surface area contributed by atoms with Gasteiger partial charge in [-0.05, 0) is 18.1 Å². The number of benzene rings is 1. The Balaban J connectivity index is 0.00000162. The van der Waals surface area contributed by atoms with E-state index in [0.717, 1.165) is 30.7 Å². The van der Waals surface area contributed by atoms with Crippen molar-refractivity contribution in [2.45, 2.75) is 12.5 Å². The molecule has 0 amide bonds. The monoisotopic (exact) mass is 336 g/mol. The fraction of sp³-hybridized carbons (Fsp3) is 0.538. The standard InChI is InChI=1S/C13H18BrFN2.ClH/c14-12-4-2-1-3-11(12)13(5-6-15)17-9-7-16-8-10-17;/h1-4,13,16H,5-10H2;1H/t13-;/m0./s1. The maximum atomic E-state index is 12.8. The van der Waals surface area contributed by atoms with Crippen LogP contribution < -0.4 is 5.32 Å². The first-order valence-electron chi connectivity index (χ1n) is 6.08. The van der Waals surface area contributed by atoms with Gasteiger partial charge in [0.05, 0.1) is 6.67 Å². The summed E-state index contributed by atoms with van der Waals surface area (Å²) in [6.07, 6.45) is 0.572. The lowest BCUT2D eigenvalue weighted by atomic mass is 10.0. The molecule has 1 fully saturated rings. The number of piperazine rings is 1. The van der Waals surface area contributed by atoms with Crippen molar-refractivity contribution in [2.24, 2.45) is 0 Å². The van der Waals surface area contributed by atoms with Gasteiger partial charge in [-0.2, -0.15) is 0 Å². The smallest absolute Gasteiger partial charge is 0.0912 e. The molecular formula is C13H19BrClFN2. The molecule has 0 aromatic heterocycles. The minimum atomic E-state index is -0.268. The molecule has 0 spiro atoms. The topological polar surface area (TPSA) is 15.3 Å². The highest BCUT2D eigenvalue weighted by molar-refractivity contribution is 9.10. The molecule has 1 atom stereocenters. The van der Waals surface area contributed by atoms with Gasteiger partial charge in [0.15, 0.2) is 0 Å². The Morgan fingerprint density at radius 2 is 1.94 bits per heavy atom. The van der Waals surface area contributed by atoms with E-state index in [1.165, 1.54) is 5.56 Å². The SMILES string of the molecule is Cl.FCC[C@@H](c1ccccc1Br)N1CCNCC1. The summed E-state index contributed by atoms with van der Waals surface area (Å²) in [4.78, 5) is 2.37. The quantitative estimate of drug-likeness (QED) is 0.908. The van der Waals surface area contributed by atoms with Crippen molar-refractivity contribution in [1.82, 2.24) is 10.2 Å². The minimum absolute atomic E-state index is 0. The van der Waals surface area contributed by atoms with Gasteiger partial charge in [-0.3, -0.25) is 9.29 Å². The molecule has 2 rings (SSSR count). The van der Waals surface area contributed by atoms with Crippen LogP contribution >= 0.6 is 28.3 Å². The number of rotatable bonds is 4. The Hall–Kier alpha value is -0.160. The van der Waals surface area contributed by atoms with E-state index < -0.39 is 0 Å². The highest BCUT2D eigenvalue weighted by Gasteiger charge is 2.23. The van der Waals surface area contributed by atoms with Crippen molar-refractivity contribution in [3.63, 3.8) is 0 Å². The number of hydrogen-bond donors (Lipinski definition) is 1. The summed E-state index contributed by atoms with van der Waals surface area (Å²) in [6.45, 7) is 3.70. The third-order valence-corrected chi connectivity index (χ3v) is 3.96. The lowest BCUT2D eigenvalue weighted by molar-refractivity contribution is 0.157. The number of halogens is 3. The Morgan fingerprint density at radius 3 is 2.56 bits per heavy atom. The van der Waals surface area contributed by atoms with Crippen molar-refractivity contribution >= 4 is 28.3 Å². The van der Waals surface area contributed by atoms with Crippen LogP contribution in [0.5, 0.6) is 0 Å². The molecule has 5 heteroatoms. The van der Waals surface area contributed by atoms with Crippen LogP contribution in [0.25, 0.3) is 0 Å². The Morgan fingerprint density at radius 1 is 1.28 bits per heavy atom. The first-order valence-corrected chi connectivity index (χ1v) is 6.87. The van der Waals surface area contributed by atoms with Crippen LogP contribution in [0.4, 0.5) is 4.39 Å². The van der Waals surface area contributed by atoms with Crippen LogP contribution in [0.3, 0.4) is 0 Å². The summed E-state index contributed by atoms with van der Waals surface area (Å²) in [5, 5.41) is 3.33. The first kappa shape index (κ1) is 15.9. The largest absolute Gasteiger partial charge is 0.314 e. The first-order chi connectivity index (χ1) is 8.33. The predicted octanol–water partition coefficient (Wildman–Crippen LogP) is 3.18. The average molecular weight is 338 g/mol. The van der Waals surface area contributed by atoms with E-state index in [1.54, 1.807) is 0 Å². The molecule has 102 valence electrons. The van der Waals surface area contributed by atoms with Gasteiger partial charge < -0.3 is 5.32 Å². The predicted molar refractivity (Wildman–Crippen MR) is 79.2 cm³/mol. The Bertz CT molecular complexity index is 359. The van der Waals surface area contributed by atoms with Gasteiger partial charge in [0.1, 0.15) is 0 Å². The second-order valence-electron chi connectivity index (χ2n) is 4.30. The Kier molecular flexibility index (Phi) is 7.15. The molecule has 1 N–H and O–H groups in total. The van der Waals surface area contributed by atoms with Gasteiger partial charge in [-0.1, -0.05) is 34.1 Å². The van der Waals surface area contributed by atoms with Gasteiger partial charge in [-0.25, -0.2) is 0 Å². The van der Waals surface area contributed by atoms with Crippen molar-refractivity contribution < 1.29 is 4.39 Å². The van der Waals surface area contributed by atoms with Crippen molar-refractivity contribution in [3.8, 4) is 0 Å². The van der Waals surface area contributed by atoms with Gasteiger partial charge in [-0.15, -0.1) is 12.4 Å². The number of nitrogens with one attached hydrogen (secondary N) is 1. The number of hydrogen-bond acceptors (Lipinski definition) is 2. The zero-order valence-corrected chi connectivity index (χ0v) is 12.6. The van der Waals surface area contributed by atoms with Gasteiger partial charge >= 0.3 is 0 Å². The van der Waals surface area contributed by atoms with Crippen LogP contribution in [0, 0.1) is 0 Å². The molecule has 2 nitrogen and oxygen atoms in total. The van der Waals surface area contributed by atoms with Crippen LogP contribution in [0.2, 0.25) is 0 Å². The third-order valence-electron chi connectivity index (χ3n) is 3.24. The zero-order chi connectivity index (χ0) is 12.1. The van der Waals surface area contributed by atoms with Crippen molar-refractivity contribution in [2.75, 3.05) is 32.9 Å². The number of alkyl halides is 1. The highest BCUT2D eigenvalue weighted by atomic mass is 79.9. The summed E-state index contributed by atoms with van der Waals surface area (Å²) in [5.74, 6) is 0. The molecule has 1 aliphatic rings. The van der Waals surface area contributed by atoms with Gasteiger partial charge in [0.25, 0.3) is 0 Å². The summed E-state index contributed by atoms with van der Waals surface area (Å²) in [7, 11) is 0. The van der Waals surface area contributed by atoms with Crippen molar-refractivity contribution in [1.29, 1.82) is 0 Å². The molecule has 0 saturated carbocycles.